The molecule has 0 aliphatic heterocycles. The van der Waals surface area contributed by atoms with Gasteiger partial charge in [0.25, 0.3) is 0 Å². The van der Waals surface area contributed by atoms with Crippen molar-refractivity contribution in [2.75, 3.05) is 12.9 Å². The highest BCUT2D eigenvalue weighted by Gasteiger charge is 2.08. The third-order valence-electron chi connectivity index (χ3n) is 2.16. The molecule has 0 fully saturated rings. The van der Waals surface area contributed by atoms with Crippen LogP contribution in [0.5, 0.6) is 5.75 Å². The topological polar surface area (TPSA) is 67.8 Å². The number of thioether (sulfide) groups is 1. The van der Waals surface area contributed by atoms with Gasteiger partial charge in [-0.1, -0.05) is 18.1 Å². The number of amidine groups is 1. The van der Waals surface area contributed by atoms with E-state index in [4.69, 9.17) is 15.7 Å². The predicted molar refractivity (Wildman–Crippen MR) is 66.3 cm³/mol. The molecule has 0 aliphatic carbocycles. The first-order valence-electron chi connectivity index (χ1n) is 4.91. The standard InChI is InChI=1S/C11H16N2O2S/c1-8(11(12)13-14)7-16-10-5-3-4-9(6-10)15-2/h3-6,8,14H,7H2,1-2H3,(H2,12,13). The lowest BCUT2D eigenvalue weighted by atomic mass is 10.2. The quantitative estimate of drug-likeness (QED) is 0.272. The van der Waals surface area contributed by atoms with E-state index in [9.17, 15) is 0 Å². The van der Waals surface area contributed by atoms with Gasteiger partial charge in [0.05, 0.1) is 7.11 Å². The van der Waals surface area contributed by atoms with Gasteiger partial charge in [-0.25, -0.2) is 0 Å². The van der Waals surface area contributed by atoms with Gasteiger partial charge in [-0.3, -0.25) is 0 Å². The first-order chi connectivity index (χ1) is 7.67. The van der Waals surface area contributed by atoms with E-state index in [0.717, 1.165) is 16.4 Å². The molecule has 1 aromatic carbocycles. The Morgan fingerprint density at radius 1 is 1.62 bits per heavy atom. The maximum atomic E-state index is 8.52. The molecule has 1 rings (SSSR count). The first-order valence-corrected chi connectivity index (χ1v) is 5.90. The zero-order valence-corrected chi connectivity index (χ0v) is 10.2. The minimum Gasteiger partial charge on any atom is -0.497 e. The summed E-state index contributed by atoms with van der Waals surface area (Å²) in [4.78, 5) is 1.11. The molecule has 1 atom stereocenters. The summed E-state index contributed by atoms with van der Waals surface area (Å²) in [6.07, 6.45) is 0. The normalized spacial score (nSPS) is 13.5. The Morgan fingerprint density at radius 2 is 2.38 bits per heavy atom. The highest BCUT2D eigenvalue weighted by atomic mass is 32.2. The predicted octanol–water partition coefficient (Wildman–Crippen LogP) is 2.17. The second kappa shape index (κ2) is 6.27. The smallest absolute Gasteiger partial charge is 0.142 e. The van der Waals surface area contributed by atoms with Crippen molar-refractivity contribution < 1.29 is 9.94 Å². The molecule has 16 heavy (non-hydrogen) atoms. The maximum absolute atomic E-state index is 8.52. The van der Waals surface area contributed by atoms with Gasteiger partial charge in [0.1, 0.15) is 11.6 Å². The van der Waals surface area contributed by atoms with E-state index in [-0.39, 0.29) is 11.8 Å². The molecule has 0 heterocycles. The minimum absolute atomic E-state index is 0.0428. The van der Waals surface area contributed by atoms with Crippen molar-refractivity contribution in [2.45, 2.75) is 11.8 Å². The highest BCUT2D eigenvalue weighted by molar-refractivity contribution is 7.99. The lowest BCUT2D eigenvalue weighted by Crippen LogP contribution is -2.22. The lowest BCUT2D eigenvalue weighted by Gasteiger charge is -2.09. The number of nitrogens with two attached hydrogens (primary N) is 1. The molecule has 0 bridgehead atoms. The summed E-state index contributed by atoms with van der Waals surface area (Å²) in [5, 5.41) is 11.5. The molecule has 1 unspecified atom stereocenters. The minimum atomic E-state index is 0.0428. The van der Waals surface area contributed by atoms with Gasteiger partial charge in [-0.15, -0.1) is 11.8 Å². The molecule has 88 valence electrons. The van der Waals surface area contributed by atoms with Crippen LogP contribution in [0.25, 0.3) is 0 Å². The van der Waals surface area contributed by atoms with Crippen LogP contribution < -0.4 is 10.5 Å². The number of benzene rings is 1. The Labute approximate surface area is 99.5 Å². The van der Waals surface area contributed by atoms with Gasteiger partial charge in [0.2, 0.25) is 0 Å². The van der Waals surface area contributed by atoms with Crippen molar-refractivity contribution in [3.63, 3.8) is 0 Å². The average molecular weight is 240 g/mol. The number of oxime groups is 1. The van der Waals surface area contributed by atoms with E-state index in [1.54, 1.807) is 18.9 Å². The second-order valence-electron chi connectivity index (χ2n) is 3.42. The molecular formula is C11H16N2O2S. The molecule has 3 N–H and O–H groups in total. The monoisotopic (exact) mass is 240 g/mol. The molecular weight excluding hydrogens is 224 g/mol. The number of hydrogen-bond acceptors (Lipinski definition) is 4. The molecule has 0 saturated carbocycles. The van der Waals surface area contributed by atoms with Gasteiger partial charge >= 0.3 is 0 Å². The van der Waals surface area contributed by atoms with Crippen molar-refractivity contribution in [1.82, 2.24) is 0 Å². The Hall–Kier alpha value is -1.36. The maximum Gasteiger partial charge on any atom is 0.142 e. The second-order valence-corrected chi connectivity index (χ2v) is 4.51. The van der Waals surface area contributed by atoms with E-state index in [1.165, 1.54) is 0 Å². The lowest BCUT2D eigenvalue weighted by molar-refractivity contribution is 0.315. The van der Waals surface area contributed by atoms with Crippen molar-refractivity contribution >= 4 is 17.6 Å². The number of hydrogen-bond donors (Lipinski definition) is 2. The number of ether oxygens (including phenoxy) is 1. The van der Waals surface area contributed by atoms with Crippen LogP contribution in [0.2, 0.25) is 0 Å². The molecule has 0 saturated heterocycles. The fourth-order valence-electron chi connectivity index (χ4n) is 1.10. The number of rotatable bonds is 5. The van der Waals surface area contributed by atoms with Crippen LogP contribution >= 0.6 is 11.8 Å². The highest BCUT2D eigenvalue weighted by Crippen LogP contribution is 2.24. The molecule has 4 nitrogen and oxygen atoms in total. The summed E-state index contributed by atoms with van der Waals surface area (Å²) in [6.45, 7) is 1.92. The summed E-state index contributed by atoms with van der Waals surface area (Å²) in [5.74, 6) is 1.90. The summed E-state index contributed by atoms with van der Waals surface area (Å²) in [6, 6.07) is 7.81. The van der Waals surface area contributed by atoms with Gasteiger partial charge in [-0.05, 0) is 18.2 Å². The summed E-state index contributed by atoms with van der Waals surface area (Å²) in [7, 11) is 1.64. The van der Waals surface area contributed by atoms with E-state index in [2.05, 4.69) is 5.16 Å². The van der Waals surface area contributed by atoms with Crippen molar-refractivity contribution in [3.05, 3.63) is 24.3 Å². The Balaban J connectivity index is 2.54. The Bertz CT molecular complexity index is 369. The largest absolute Gasteiger partial charge is 0.497 e. The molecule has 0 aliphatic rings. The van der Waals surface area contributed by atoms with Crippen molar-refractivity contribution in [1.29, 1.82) is 0 Å². The van der Waals surface area contributed by atoms with E-state index in [0.29, 0.717) is 0 Å². The third kappa shape index (κ3) is 3.66. The fraction of sp³-hybridized carbons (Fsp3) is 0.364. The van der Waals surface area contributed by atoms with E-state index < -0.39 is 0 Å². The summed E-state index contributed by atoms with van der Waals surface area (Å²) in [5.41, 5.74) is 5.50. The molecule has 0 radical (unpaired) electrons. The number of nitrogens with zero attached hydrogens (tertiary/aromatic N) is 1. The molecule has 1 aromatic rings. The van der Waals surface area contributed by atoms with Crippen LogP contribution in [-0.4, -0.2) is 23.9 Å². The zero-order valence-electron chi connectivity index (χ0n) is 9.38. The molecule has 0 aromatic heterocycles. The number of methoxy groups -OCH3 is 1. The molecule has 0 amide bonds. The van der Waals surface area contributed by atoms with E-state index >= 15 is 0 Å². The Morgan fingerprint density at radius 3 is 3.00 bits per heavy atom. The van der Waals surface area contributed by atoms with Gasteiger partial charge < -0.3 is 15.7 Å². The fourth-order valence-corrected chi connectivity index (χ4v) is 2.08. The van der Waals surface area contributed by atoms with Crippen LogP contribution in [0.15, 0.2) is 34.3 Å². The van der Waals surface area contributed by atoms with Crippen molar-refractivity contribution in [3.8, 4) is 5.75 Å². The van der Waals surface area contributed by atoms with Crippen molar-refractivity contribution in [2.24, 2.45) is 16.8 Å². The average Bonchev–Trinajstić information content (AvgIpc) is 2.35. The van der Waals surface area contributed by atoms with Crippen LogP contribution in [-0.2, 0) is 0 Å². The van der Waals surface area contributed by atoms with Gasteiger partial charge in [0.15, 0.2) is 0 Å². The molecule has 0 spiro atoms. The van der Waals surface area contributed by atoms with Gasteiger partial charge in [0, 0.05) is 16.6 Å². The summed E-state index contributed by atoms with van der Waals surface area (Å²) < 4.78 is 5.13. The van der Waals surface area contributed by atoms with Crippen LogP contribution in [0.3, 0.4) is 0 Å². The Kier molecular flexibility index (Phi) is 4.98. The first kappa shape index (κ1) is 12.7. The van der Waals surface area contributed by atoms with Crippen LogP contribution in [0, 0.1) is 5.92 Å². The molecule has 5 heteroatoms. The zero-order chi connectivity index (χ0) is 12.0. The van der Waals surface area contributed by atoms with Crippen LogP contribution in [0.1, 0.15) is 6.92 Å². The van der Waals surface area contributed by atoms with Gasteiger partial charge in [-0.2, -0.15) is 0 Å². The SMILES string of the molecule is COc1cccc(SCC(C)/C(N)=N/O)c1. The summed E-state index contributed by atoms with van der Waals surface area (Å²) >= 11 is 1.65. The third-order valence-corrected chi connectivity index (χ3v) is 3.42. The van der Waals surface area contributed by atoms with E-state index in [1.807, 2.05) is 31.2 Å². The van der Waals surface area contributed by atoms with Crippen LogP contribution in [0.4, 0.5) is 0 Å².